The molecule has 1 aliphatic rings. The highest BCUT2D eigenvalue weighted by atomic mass is 79.9. The Morgan fingerprint density at radius 3 is 2.18 bits per heavy atom. The third-order valence-corrected chi connectivity index (χ3v) is 4.53. The predicted octanol–water partition coefficient (Wildman–Crippen LogP) is 3.67. The smallest absolute Gasteiger partial charge is 0.161 e. The van der Waals surface area contributed by atoms with E-state index in [1.807, 2.05) is 6.07 Å². The SMILES string of the molecule is CC[C@@H](c1cc(OC)c(OC)cc1Br)N1CCNCC1.Cl.Cl. The van der Waals surface area contributed by atoms with Crippen molar-refractivity contribution < 1.29 is 9.47 Å². The van der Waals surface area contributed by atoms with E-state index in [0.29, 0.717) is 6.04 Å². The fourth-order valence-corrected chi connectivity index (χ4v) is 3.38. The van der Waals surface area contributed by atoms with Gasteiger partial charge in [0, 0.05) is 36.7 Å². The number of piperazine rings is 1. The molecule has 0 saturated carbocycles. The van der Waals surface area contributed by atoms with Crippen molar-refractivity contribution in [1.82, 2.24) is 10.2 Å². The van der Waals surface area contributed by atoms with E-state index in [2.05, 4.69) is 39.1 Å². The van der Waals surface area contributed by atoms with E-state index >= 15 is 0 Å². The first-order valence-electron chi connectivity index (χ1n) is 7.07. The van der Waals surface area contributed by atoms with E-state index < -0.39 is 0 Å². The van der Waals surface area contributed by atoms with Gasteiger partial charge in [0.2, 0.25) is 0 Å². The summed E-state index contributed by atoms with van der Waals surface area (Å²) in [6.07, 6.45) is 1.08. The van der Waals surface area contributed by atoms with Crippen LogP contribution >= 0.6 is 40.7 Å². The Kier molecular flexibility index (Phi) is 10.5. The second-order valence-electron chi connectivity index (χ2n) is 4.94. The molecule has 0 amide bonds. The van der Waals surface area contributed by atoms with Gasteiger partial charge in [-0.05, 0) is 24.1 Å². The lowest BCUT2D eigenvalue weighted by Gasteiger charge is -2.35. The third-order valence-electron chi connectivity index (χ3n) is 3.84. The molecule has 0 bridgehead atoms. The summed E-state index contributed by atoms with van der Waals surface area (Å²) in [5, 5.41) is 3.40. The Hall–Kier alpha value is -0.200. The van der Waals surface area contributed by atoms with Gasteiger partial charge in [0.25, 0.3) is 0 Å². The fraction of sp³-hybridized carbons (Fsp3) is 0.600. The quantitative estimate of drug-likeness (QED) is 0.795. The topological polar surface area (TPSA) is 33.7 Å². The lowest BCUT2D eigenvalue weighted by Crippen LogP contribution is -2.45. The molecule has 0 radical (unpaired) electrons. The van der Waals surface area contributed by atoms with Crippen molar-refractivity contribution in [2.45, 2.75) is 19.4 Å². The second-order valence-corrected chi connectivity index (χ2v) is 5.79. The van der Waals surface area contributed by atoms with Gasteiger partial charge >= 0.3 is 0 Å². The molecule has 0 spiro atoms. The van der Waals surface area contributed by atoms with Crippen molar-refractivity contribution in [3.63, 3.8) is 0 Å². The molecule has 7 heteroatoms. The van der Waals surface area contributed by atoms with Crippen molar-refractivity contribution in [3.05, 3.63) is 22.2 Å². The number of methoxy groups -OCH3 is 2. The Labute approximate surface area is 153 Å². The molecule has 1 aromatic rings. The summed E-state index contributed by atoms with van der Waals surface area (Å²) in [5.74, 6) is 1.55. The largest absolute Gasteiger partial charge is 0.493 e. The molecule has 0 aliphatic carbocycles. The molecule has 4 nitrogen and oxygen atoms in total. The van der Waals surface area contributed by atoms with Crippen molar-refractivity contribution in [3.8, 4) is 11.5 Å². The van der Waals surface area contributed by atoms with E-state index in [4.69, 9.17) is 9.47 Å². The van der Waals surface area contributed by atoms with Crippen LogP contribution in [0.2, 0.25) is 0 Å². The lowest BCUT2D eigenvalue weighted by atomic mass is 10.0. The number of ether oxygens (including phenoxy) is 2. The average Bonchev–Trinajstić information content (AvgIpc) is 2.50. The van der Waals surface area contributed by atoms with Crippen LogP contribution in [0.25, 0.3) is 0 Å². The van der Waals surface area contributed by atoms with Crippen LogP contribution in [-0.4, -0.2) is 45.3 Å². The van der Waals surface area contributed by atoms with Gasteiger partial charge in [-0.15, -0.1) is 24.8 Å². The molecule has 1 aromatic carbocycles. The fourth-order valence-electron chi connectivity index (χ4n) is 2.79. The number of hydrogen-bond donors (Lipinski definition) is 1. The van der Waals surface area contributed by atoms with Gasteiger partial charge < -0.3 is 14.8 Å². The zero-order chi connectivity index (χ0) is 14.5. The second kappa shape index (κ2) is 10.6. The van der Waals surface area contributed by atoms with Gasteiger partial charge in [0.1, 0.15) is 0 Å². The van der Waals surface area contributed by atoms with Gasteiger partial charge in [0.05, 0.1) is 14.2 Å². The first-order chi connectivity index (χ1) is 9.71. The Morgan fingerprint density at radius 1 is 1.14 bits per heavy atom. The summed E-state index contributed by atoms with van der Waals surface area (Å²) in [6.45, 7) is 6.51. The van der Waals surface area contributed by atoms with Crippen LogP contribution in [0.3, 0.4) is 0 Å². The van der Waals surface area contributed by atoms with Crippen LogP contribution in [0.4, 0.5) is 0 Å². The molecule has 2 rings (SSSR count). The normalized spacial score (nSPS) is 16.2. The number of halogens is 3. The Balaban J connectivity index is 0.00000220. The molecule has 1 saturated heterocycles. The number of nitrogens with zero attached hydrogens (tertiary/aromatic N) is 1. The number of benzene rings is 1. The summed E-state index contributed by atoms with van der Waals surface area (Å²) >= 11 is 3.68. The minimum Gasteiger partial charge on any atom is -0.493 e. The van der Waals surface area contributed by atoms with Gasteiger partial charge in [-0.3, -0.25) is 4.90 Å². The maximum absolute atomic E-state index is 5.44. The zero-order valence-electron chi connectivity index (χ0n) is 13.2. The molecule has 1 heterocycles. The van der Waals surface area contributed by atoms with Crippen LogP contribution in [0.5, 0.6) is 11.5 Å². The predicted molar refractivity (Wildman–Crippen MR) is 99.2 cm³/mol. The van der Waals surface area contributed by atoms with Crippen molar-refractivity contribution in [2.75, 3.05) is 40.4 Å². The highest BCUT2D eigenvalue weighted by molar-refractivity contribution is 9.10. The van der Waals surface area contributed by atoms with Crippen molar-refractivity contribution in [2.24, 2.45) is 0 Å². The van der Waals surface area contributed by atoms with Crippen LogP contribution in [0.15, 0.2) is 16.6 Å². The number of nitrogens with one attached hydrogen (secondary N) is 1. The van der Waals surface area contributed by atoms with E-state index in [9.17, 15) is 0 Å². The van der Waals surface area contributed by atoms with E-state index in [0.717, 1.165) is 48.6 Å². The number of rotatable bonds is 5. The molecule has 1 N–H and O–H groups in total. The minimum absolute atomic E-state index is 0. The van der Waals surface area contributed by atoms with E-state index in [1.54, 1.807) is 14.2 Å². The number of hydrogen-bond acceptors (Lipinski definition) is 4. The van der Waals surface area contributed by atoms with Gasteiger partial charge in [-0.2, -0.15) is 0 Å². The highest BCUT2D eigenvalue weighted by Gasteiger charge is 2.24. The molecule has 0 aromatic heterocycles. The van der Waals surface area contributed by atoms with Crippen LogP contribution in [-0.2, 0) is 0 Å². The van der Waals surface area contributed by atoms with Gasteiger partial charge in [-0.1, -0.05) is 22.9 Å². The van der Waals surface area contributed by atoms with Crippen LogP contribution in [0.1, 0.15) is 24.9 Å². The zero-order valence-corrected chi connectivity index (χ0v) is 16.4. The van der Waals surface area contributed by atoms with E-state index in [1.165, 1.54) is 5.56 Å². The average molecular weight is 416 g/mol. The third kappa shape index (κ3) is 4.90. The Morgan fingerprint density at radius 2 is 1.68 bits per heavy atom. The highest BCUT2D eigenvalue weighted by Crippen LogP contribution is 2.38. The lowest BCUT2D eigenvalue weighted by molar-refractivity contribution is 0.168. The molecule has 0 unspecified atom stereocenters. The summed E-state index contributed by atoms with van der Waals surface area (Å²) in [4.78, 5) is 2.53. The van der Waals surface area contributed by atoms with Crippen LogP contribution in [0, 0.1) is 0 Å². The molecule has 22 heavy (non-hydrogen) atoms. The first-order valence-corrected chi connectivity index (χ1v) is 7.86. The molecule has 128 valence electrons. The summed E-state index contributed by atoms with van der Waals surface area (Å²) in [5.41, 5.74) is 1.27. The molecule has 1 atom stereocenters. The van der Waals surface area contributed by atoms with Crippen molar-refractivity contribution in [1.29, 1.82) is 0 Å². The minimum atomic E-state index is 0. The molecule has 1 aliphatic heterocycles. The van der Waals surface area contributed by atoms with Crippen molar-refractivity contribution >= 4 is 40.7 Å². The maximum atomic E-state index is 5.44. The summed E-state index contributed by atoms with van der Waals surface area (Å²) in [7, 11) is 3.35. The first kappa shape index (κ1) is 21.8. The maximum Gasteiger partial charge on any atom is 0.161 e. The van der Waals surface area contributed by atoms with Crippen LogP contribution < -0.4 is 14.8 Å². The summed E-state index contributed by atoms with van der Waals surface area (Å²) in [6, 6.07) is 4.50. The monoisotopic (exact) mass is 414 g/mol. The molecular weight excluding hydrogens is 391 g/mol. The standard InChI is InChI=1S/C15H23BrN2O2.2ClH/c1-4-13(18-7-5-17-6-8-18)11-9-14(19-2)15(20-3)10-12(11)16;;/h9-10,13,17H,4-8H2,1-3H3;2*1H/t13-;;/m0../s1. The van der Waals surface area contributed by atoms with Gasteiger partial charge in [0.15, 0.2) is 11.5 Å². The van der Waals surface area contributed by atoms with E-state index in [-0.39, 0.29) is 24.8 Å². The molecule has 1 fully saturated rings. The summed E-state index contributed by atoms with van der Waals surface area (Å²) < 4.78 is 11.9. The van der Waals surface area contributed by atoms with Gasteiger partial charge in [-0.25, -0.2) is 0 Å². The Bertz CT molecular complexity index is 457. The molecular formula is C15H25BrCl2N2O2.